The van der Waals surface area contributed by atoms with E-state index >= 15 is 0 Å². The topological polar surface area (TPSA) is 153 Å². The van der Waals surface area contributed by atoms with Crippen LogP contribution in [-0.4, -0.2) is 47.9 Å². The van der Waals surface area contributed by atoms with Crippen LogP contribution in [0.15, 0.2) is 65.6 Å². The molecule has 0 aliphatic rings. The van der Waals surface area contributed by atoms with Crippen LogP contribution in [0.2, 0.25) is 0 Å². The molecule has 10 nitrogen and oxygen atoms in total. The SMILES string of the molecule is CN(C)S(=O)(=O)c1ccc(C(Oc2ccc(C#N)cc2)C(=O)Nc2nc3cc(CO)c(CO)cc3s2)cc1. The average molecular weight is 553 g/mol. The van der Waals surface area contributed by atoms with E-state index in [1.54, 1.807) is 36.4 Å². The van der Waals surface area contributed by atoms with Gasteiger partial charge in [-0.1, -0.05) is 23.5 Å². The lowest BCUT2D eigenvalue weighted by atomic mass is 10.1. The van der Waals surface area contributed by atoms with Crippen LogP contribution < -0.4 is 10.1 Å². The molecule has 4 aromatic rings. The third-order valence-electron chi connectivity index (χ3n) is 5.72. The molecule has 38 heavy (non-hydrogen) atoms. The van der Waals surface area contributed by atoms with Crippen LogP contribution in [0, 0.1) is 11.3 Å². The number of nitriles is 1. The van der Waals surface area contributed by atoms with Crippen LogP contribution >= 0.6 is 11.3 Å². The number of hydrogen-bond donors (Lipinski definition) is 3. The molecule has 4 rings (SSSR count). The molecule has 0 fully saturated rings. The Morgan fingerprint density at radius 3 is 2.29 bits per heavy atom. The monoisotopic (exact) mass is 552 g/mol. The van der Waals surface area contributed by atoms with Crippen LogP contribution in [0.1, 0.15) is 28.4 Å². The van der Waals surface area contributed by atoms with Gasteiger partial charge in [0.15, 0.2) is 5.13 Å². The minimum absolute atomic E-state index is 0.0642. The first-order valence-corrected chi connectivity index (χ1v) is 13.6. The first-order chi connectivity index (χ1) is 18.2. The van der Waals surface area contributed by atoms with Gasteiger partial charge in [-0.3, -0.25) is 10.1 Å². The third kappa shape index (κ3) is 5.67. The van der Waals surface area contributed by atoms with E-state index < -0.39 is 22.0 Å². The second-order valence-corrected chi connectivity index (χ2v) is 11.6. The zero-order valence-electron chi connectivity index (χ0n) is 20.5. The van der Waals surface area contributed by atoms with Crippen molar-refractivity contribution in [3.8, 4) is 11.8 Å². The van der Waals surface area contributed by atoms with Gasteiger partial charge in [-0.2, -0.15) is 5.26 Å². The standard InChI is InChI=1S/C26H24N4O6S2/c1-30(2)38(34,35)21-9-5-17(6-10-21)24(36-20-7-3-16(13-27)4-8-20)25(33)29-26-28-22-11-18(14-31)19(15-32)12-23(22)37-26/h3-12,24,31-32H,14-15H2,1-2H3,(H,28,29,33). The normalized spacial score (nSPS) is 12.3. The maximum atomic E-state index is 13.4. The zero-order valence-corrected chi connectivity index (χ0v) is 22.1. The summed E-state index contributed by atoms with van der Waals surface area (Å²) in [7, 11) is -0.806. The number of nitrogens with one attached hydrogen (secondary N) is 1. The number of sulfonamides is 1. The van der Waals surface area contributed by atoms with Crippen molar-refractivity contribution in [1.82, 2.24) is 9.29 Å². The van der Waals surface area contributed by atoms with Crippen LogP contribution in [0.4, 0.5) is 5.13 Å². The van der Waals surface area contributed by atoms with E-state index in [0.717, 1.165) is 4.31 Å². The fourth-order valence-electron chi connectivity index (χ4n) is 3.62. The number of anilines is 1. The molecule has 1 atom stereocenters. The Morgan fingerprint density at radius 1 is 1.08 bits per heavy atom. The number of aliphatic hydroxyl groups excluding tert-OH is 2. The van der Waals surface area contributed by atoms with E-state index in [0.29, 0.717) is 38.2 Å². The molecule has 0 aliphatic heterocycles. The number of carbonyl (C=O) groups excluding carboxylic acids is 1. The molecule has 1 amide bonds. The molecular weight excluding hydrogens is 528 g/mol. The molecule has 1 unspecified atom stereocenters. The lowest BCUT2D eigenvalue weighted by Gasteiger charge is -2.19. The van der Waals surface area contributed by atoms with Gasteiger partial charge in [0.05, 0.1) is 40.0 Å². The van der Waals surface area contributed by atoms with Crippen molar-refractivity contribution >= 4 is 42.6 Å². The quantitative estimate of drug-likeness (QED) is 0.286. The number of benzene rings is 3. The summed E-state index contributed by atoms with van der Waals surface area (Å²) in [5.74, 6) is -0.222. The fourth-order valence-corrected chi connectivity index (χ4v) is 5.44. The molecule has 0 bridgehead atoms. The zero-order chi connectivity index (χ0) is 27.4. The minimum Gasteiger partial charge on any atom is -0.476 e. The number of carbonyl (C=O) groups is 1. The highest BCUT2D eigenvalue weighted by atomic mass is 32.2. The number of rotatable bonds is 9. The maximum Gasteiger partial charge on any atom is 0.271 e. The lowest BCUT2D eigenvalue weighted by molar-refractivity contribution is -0.123. The summed E-state index contributed by atoms with van der Waals surface area (Å²) >= 11 is 1.19. The summed E-state index contributed by atoms with van der Waals surface area (Å²) in [5.41, 5.74) is 2.48. The number of fused-ring (bicyclic) bond motifs is 1. The smallest absolute Gasteiger partial charge is 0.271 e. The van der Waals surface area contributed by atoms with Gasteiger partial charge in [0.1, 0.15) is 5.75 Å². The van der Waals surface area contributed by atoms with Crippen molar-refractivity contribution in [3.63, 3.8) is 0 Å². The van der Waals surface area contributed by atoms with Crippen molar-refractivity contribution in [1.29, 1.82) is 5.26 Å². The molecule has 0 saturated heterocycles. The number of nitrogens with zero attached hydrogens (tertiary/aromatic N) is 3. The Kier molecular flexibility index (Phi) is 8.05. The second kappa shape index (κ2) is 11.3. The molecule has 3 N–H and O–H groups in total. The Balaban J connectivity index is 1.66. The Morgan fingerprint density at radius 2 is 1.71 bits per heavy atom. The van der Waals surface area contributed by atoms with Gasteiger partial charge in [0.2, 0.25) is 16.1 Å². The summed E-state index contributed by atoms with van der Waals surface area (Å²) in [4.78, 5) is 17.9. The van der Waals surface area contributed by atoms with Crippen molar-refractivity contribution in [2.75, 3.05) is 19.4 Å². The molecule has 12 heteroatoms. The highest BCUT2D eigenvalue weighted by molar-refractivity contribution is 7.89. The second-order valence-electron chi connectivity index (χ2n) is 8.40. The van der Waals surface area contributed by atoms with E-state index in [1.807, 2.05) is 6.07 Å². The number of amides is 1. The number of aliphatic hydroxyl groups is 2. The lowest BCUT2D eigenvalue weighted by Crippen LogP contribution is -2.26. The highest BCUT2D eigenvalue weighted by Gasteiger charge is 2.26. The van der Waals surface area contributed by atoms with Gasteiger partial charge < -0.3 is 14.9 Å². The van der Waals surface area contributed by atoms with Gasteiger partial charge in [0, 0.05) is 19.7 Å². The van der Waals surface area contributed by atoms with Crippen LogP contribution in [0.25, 0.3) is 10.2 Å². The summed E-state index contributed by atoms with van der Waals surface area (Å²) in [6, 6.07) is 17.4. The molecule has 196 valence electrons. The van der Waals surface area contributed by atoms with E-state index in [-0.39, 0.29) is 23.2 Å². The van der Waals surface area contributed by atoms with Crippen LogP contribution in [0.3, 0.4) is 0 Å². The Bertz CT molecular complexity index is 1570. The van der Waals surface area contributed by atoms with Crippen molar-refractivity contribution in [3.05, 3.63) is 82.9 Å². The van der Waals surface area contributed by atoms with Gasteiger partial charge in [-0.15, -0.1) is 0 Å². The molecule has 3 aromatic carbocycles. The molecule has 0 aliphatic carbocycles. The predicted molar refractivity (Wildman–Crippen MR) is 142 cm³/mol. The van der Waals surface area contributed by atoms with E-state index in [9.17, 15) is 23.4 Å². The van der Waals surface area contributed by atoms with E-state index in [1.165, 1.54) is 49.7 Å². The number of ether oxygens (including phenoxy) is 1. The van der Waals surface area contributed by atoms with Crippen molar-refractivity contribution in [2.24, 2.45) is 0 Å². The predicted octanol–water partition coefficient (Wildman–Crippen LogP) is 3.16. The summed E-state index contributed by atoms with van der Waals surface area (Å²) < 4.78 is 32.7. The van der Waals surface area contributed by atoms with Crippen molar-refractivity contribution in [2.45, 2.75) is 24.2 Å². The average Bonchev–Trinajstić information content (AvgIpc) is 3.31. The number of aromatic nitrogens is 1. The number of hydrogen-bond acceptors (Lipinski definition) is 9. The van der Waals surface area contributed by atoms with E-state index in [4.69, 9.17) is 10.00 Å². The largest absolute Gasteiger partial charge is 0.476 e. The van der Waals surface area contributed by atoms with Gasteiger partial charge in [-0.25, -0.2) is 17.7 Å². The minimum atomic E-state index is -3.66. The van der Waals surface area contributed by atoms with Crippen LogP contribution in [0.5, 0.6) is 5.75 Å². The summed E-state index contributed by atoms with van der Waals surface area (Å²) in [5, 5.41) is 31.2. The van der Waals surface area contributed by atoms with E-state index in [2.05, 4.69) is 10.3 Å². The number of thiazole rings is 1. The van der Waals surface area contributed by atoms with Gasteiger partial charge >= 0.3 is 0 Å². The first kappa shape index (κ1) is 27.2. The Hall–Kier alpha value is -3.86. The molecule has 1 heterocycles. The summed E-state index contributed by atoms with van der Waals surface area (Å²) in [6.45, 7) is -0.503. The maximum absolute atomic E-state index is 13.4. The highest BCUT2D eigenvalue weighted by Crippen LogP contribution is 2.31. The third-order valence-corrected chi connectivity index (χ3v) is 8.48. The molecule has 0 spiro atoms. The van der Waals surface area contributed by atoms with Gasteiger partial charge in [-0.05, 0) is 59.7 Å². The molecule has 1 aromatic heterocycles. The first-order valence-electron chi connectivity index (χ1n) is 11.3. The fraction of sp³-hybridized carbons (Fsp3) is 0.192. The summed E-state index contributed by atoms with van der Waals surface area (Å²) in [6.07, 6.45) is -1.17. The Labute approximate surface area is 223 Å². The molecular formula is C26H24N4O6S2. The molecule has 0 saturated carbocycles. The van der Waals surface area contributed by atoms with Crippen molar-refractivity contribution < 1.29 is 28.2 Å². The molecule has 0 radical (unpaired) electrons. The van der Waals surface area contributed by atoms with Gasteiger partial charge in [0.25, 0.3) is 5.91 Å². The van der Waals surface area contributed by atoms with Crippen LogP contribution in [-0.2, 0) is 28.0 Å².